The van der Waals surface area contributed by atoms with E-state index in [2.05, 4.69) is 30.7 Å². The summed E-state index contributed by atoms with van der Waals surface area (Å²) < 4.78 is 16.1. The Hall–Kier alpha value is -3.43. The lowest BCUT2D eigenvalue weighted by molar-refractivity contribution is 0.0903. The molecular weight excluding hydrogens is 409 g/mol. The molecule has 5 rings (SSSR count). The van der Waals surface area contributed by atoms with Crippen LogP contribution in [0.2, 0.25) is 0 Å². The molecule has 164 valence electrons. The normalized spacial score (nSPS) is 18.7. The van der Waals surface area contributed by atoms with Crippen LogP contribution in [-0.2, 0) is 6.54 Å². The molecule has 4 heterocycles. The highest BCUT2D eigenvalue weighted by Gasteiger charge is 2.23. The van der Waals surface area contributed by atoms with Crippen LogP contribution in [0.15, 0.2) is 55.1 Å². The molecule has 8 nitrogen and oxygen atoms in total. The Kier molecular flexibility index (Phi) is 5.74. The lowest BCUT2D eigenvalue weighted by Gasteiger charge is -2.28. The molecule has 0 bridgehead atoms. The second-order valence-electron chi connectivity index (χ2n) is 7.95. The van der Waals surface area contributed by atoms with Gasteiger partial charge in [0.2, 0.25) is 5.82 Å². The summed E-state index contributed by atoms with van der Waals surface area (Å²) in [6, 6.07) is 9.10. The second-order valence-corrected chi connectivity index (χ2v) is 7.95. The van der Waals surface area contributed by atoms with Gasteiger partial charge in [-0.05, 0) is 42.7 Å². The van der Waals surface area contributed by atoms with Crippen LogP contribution >= 0.6 is 0 Å². The summed E-state index contributed by atoms with van der Waals surface area (Å²) in [6.45, 7) is 0.540. The Morgan fingerprint density at radius 3 is 2.84 bits per heavy atom. The van der Waals surface area contributed by atoms with Gasteiger partial charge >= 0.3 is 0 Å². The molecule has 9 heteroatoms. The molecule has 4 aromatic rings. The molecule has 1 fully saturated rings. The number of aliphatic hydroxyl groups excluding tert-OH is 1. The van der Waals surface area contributed by atoms with E-state index >= 15 is 0 Å². The highest BCUT2D eigenvalue weighted by atomic mass is 19.1. The summed E-state index contributed by atoms with van der Waals surface area (Å²) in [7, 11) is 0. The average Bonchev–Trinajstić information content (AvgIpc) is 3.24. The Morgan fingerprint density at radius 2 is 2.03 bits per heavy atom. The molecule has 0 radical (unpaired) electrons. The van der Waals surface area contributed by atoms with Gasteiger partial charge in [-0.15, -0.1) is 5.10 Å². The standard InChI is InChI=1S/C23H24FN7O/c24-16-14-25-11-8-17(16)28-23-21-15(13-27-18-5-1-2-7-20(18)32)9-12-31(21)30-22(29-23)19-6-3-4-10-26-19/h3-4,6,8-12,14,18,20,27,32H,1-2,5,7,13H2,(H,25,28,29,30). The first kappa shape index (κ1) is 20.5. The number of halogens is 1. The molecule has 1 aliphatic rings. The zero-order chi connectivity index (χ0) is 21.9. The van der Waals surface area contributed by atoms with E-state index in [1.54, 1.807) is 16.8 Å². The van der Waals surface area contributed by atoms with Crippen molar-refractivity contribution < 1.29 is 9.50 Å². The first-order valence-corrected chi connectivity index (χ1v) is 10.8. The number of anilines is 2. The van der Waals surface area contributed by atoms with Crippen molar-refractivity contribution in [3.05, 3.63) is 66.5 Å². The summed E-state index contributed by atoms with van der Waals surface area (Å²) in [5, 5.41) is 21.5. The van der Waals surface area contributed by atoms with Crippen LogP contribution in [-0.4, -0.2) is 41.8 Å². The Labute approximate surface area is 184 Å². The molecule has 1 aliphatic carbocycles. The van der Waals surface area contributed by atoms with E-state index in [0.717, 1.165) is 43.0 Å². The van der Waals surface area contributed by atoms with E-state index in [1.807, 2.05) is 30.5 Å². The van der Waals surface area contributed by atoms with Crippen molar-refractivity contribution in [2.75, 3.05) is 5.32 Å². The van der Waals surface area contributed by atoms with Gasteiger partial charge in [-0.2, -0.15) is 0 Å². The number of fused-ring (bicyclic) bond motifs is 1. The number of pyridine rings is 2. The quantitative estimate of drug-likeness (QED) is 0.428. The van der Waals surface area contributed by atoms with E-state index in [-0.39, 0.29) is 17.8 Å². The summed E-state index contributed by atoms with van der Waals surface area (Å²) >= 11 is 0. The minimum atomic E-state index is -0.472. The van der Waals surface area contributed by atoms with Gasteiger partial charge in [0.25, 0.3) is 0 Å². The molecule has 0 spiro atoms. The van der Waals surface area contributed by atoms with Gasteiger partial charge in [-0.1, -0.05) is 18.9 Å². The number of nitrogens with one attached hydrogen (secondary N) is 2. The third-order valence-electron chi connectivity index (χ3n) is 5.80. The molecule has 3 N–H and O–H groups in total. The summed E-state index contributed by atoms with van der Waals surface area (Å²) in [4.78, 5) is 12.8. The van der Waals surface area contributed by atoms with E-state index in [0.29, 0.717) is 23.9 Å². The molecule has 0 aromatic carbocycles. The topological polar surface area (TPSA) is 100 Å². The fraction of sp³-hybridized carbons (Fsp3) is 0.304. The van der Waals surface area contributed by atoms with E-state index in [9.17, 15) is 9.50 Å². The monoisotopic (exact) mass is 433 g/mol. The number of aliphatic hydroxyl groups is 1. The Bertz CT molecular complexity index is 1210. The van der Waals surface area contributed by atoms with Gasteiger partial charge in [0, 0.05) is 31.2 Å². The lowest BCUT2D eigenvalue weighted by Crippen LogP contribution is -2.41. The van der Waals surface area contributed by atoms with Crippen molar-refractivity contribution in [2.45, 2.75) is 44.4 Å². The van der Waals surface area contributed by atoms with Crippen LogP contribution < -0.4 is 10.6 Å². The molecule has 2 atom stereocenters. The van der Waals surface area contributed by atoms with E-state index in [4.69, 9.17) is 0 Å². The highest BCUT2D eigenvalue weighted by Crippen LogP contribution is 2.27. The number of rotatable bonds is 6. The molecule has 0 saturated heterocycles. The predicted molar refractivity (Wildman–Crippen MR) is 119 cm³/mol. The van der Waals surface area contributed by atoms with Crippen LogP contribution in [0.4, 0.5) is 15.9 Å². The van der Waals surface area contributed by atoms with Crippen molar-refractivity contribution in [3.63, 3.8) is 0 Å². The van der Waals surface area contributed by atoms with E-state index < -0.39 is 5.82 Å². The highest BCUT2D eigenvalue weighted by molar-refractivity contribution is 5.78. The van der Waals surface area contributed by atoms with Crippen LogP contribution in [0.5, 0.6) is 0 Å². The number of hydrogen-bond acceptors (Lipinski definition) is 7. The summed E-state index contributed by atoms with van der Waals surface area (Å²) in [5.74, 6) is 0.421. The summed E-state index contributed by atoms with van der Waals surface area (Å²) in [6.07, 6.45) is 9.80. The largest absolute Gasteiger partial charge is 0.392 e. The third-order valence-corrected chi connectivity index (χ3v) is 5.80. The van der Waals surface area contributed by atoms with Crippen LogP contribution in [0.3, 0.4) is 0 Å². The molecule has 32 heavy (non-hydrogen) atoms. The average molecular weight is 433 g/mol. The van der Waals surface area contributed by atoms with Gasteiger partial charge in [-0.25, -0.2) is 13.9 Å². The van der Waals surface area contributed by atoms with Gasteiger partial charge < -0.3 is 15.7 Å². The van der Waals surface area contributed by atoms with Gasteiger partial charge in [-0.3, -0.25) is 9.97 Å². The van der Waals surface area contributed by atoms with Crippen LogP contribution in [0.25, 0.3) is 17.0 Å². The van der Waals surface area contributed by atoms with Crippen molar-refractivity contribution in [1.29, 1.82) is 0 Å². The third kappa shape index (κ3) is 4.17. The fourth-order valence-electron chi connectivity index (χ4n) is 4.12. The first-order valence-electron chi connectivity index (χ1n) is 10.8. The van der Waals surface area contributed by atoms with Crippen LogP contribution in [0, 0.1) is 5.82 Å². The molecule has 0 aliphatic heterocycles. The van der Waals surface area contributed by atoms with Crippen molar-refractivity contribution in [1.82, 2.24) is 29.9 Å². The molecule has 1 saturated carbocycles. The van der Waals surface area contributed by atoms with Gasteiger partial charge in [0.1, 0.15) is 11.2 Å². The minimum Gasteiger partial charge on any atom is -0.392 e. The molecule has 2 unspecified atom stereocenters. The van der Waals surface area contributed by atoms with Crippen molar-refractivity contribution >= 4 is 17.0 Å². The maximum atomic E-state index is 14.3. The smallest absolute Gasteiger partial charge is 0.200 e. The molecule has 0 amide bonds. The van der Waals surface area contributed by atoms with Crippen LogP contribution in [0.1, 0.15) is 31.2 Å². The van der Waals surface area contributed by atoms with E-state index in [1.165, 1.54) is 6.20 Å². The first-order chi connectivity index (χ1) is 15.7. The predicted octanol–water partition coefficient (Wildman–Crippen LogP) is 3.46. The fourth-order valence-corrected chi connectivity index (χ4v) is 4.12. The number of aromatic nitrogens is 5. The minimum absolute atomic E-state index is 0.0569. The second kappa shape index (κ2) is 8.97. The maximum absolute atomic E-state index is 14.3. The molecule has 4 aromatic heterocycles. The Morgan fingerprint density at radius 1 is 1.12 bits per heavy atom. The molecular formula is C23H24FN7O. The lowest BCUT2D eigenvalue weighted by atomic mass is 9.92. The number of hydrogen-bond donors (Lipinski definition) is 3. The summed E-state index contributed by atoms with van der Waals surface area (Å²) in [5.41, 5.74) is 2.58. The number of nitrogens with zero attached hydrogens (tertiary/aromatic N) is 5. The maximum Gasteiger partial charge on any atom is 0.200 e. The van der Waals surface area contributed by atoms with Crippen molar-refractivity contribution in [2.24, 2.45) is 0 Å². The zero-order valence-corrected chi connectivity index (χ0v) is 17.4. The SMILES string of the molecule is OC1CCCCC1NCc1ccn2nc(-c3ccccn3)nc(Nc3ccncc3F)c12. The van der Waals surface area contributed by atoms with Gasteiger partial charge in [0.05, 0.1) is 18.0 Å². The van der Waals surface area contributed by atoms with Crippen molar-refractivity contribution in [3.8, 4) is 11.5 Å². The van der Waals surface area contributed by atoms with Gasteiger partial charge in [0.15, 0.2) is 11.6 Å². The zero-order valence-electron chi connectivity index (χ0n) is 17.4. The Balaban J connectivity index is 1.53.